The van der Waals surface area contributed by atoms with E-state index in [4.69, 9.17) is 9.52 Å². The summed E-state index contributed by atoms with van der Waals surface area (Å²) in [6, 6.07) is 3.97. The lowest BCUT2D eigenvalue weighted by Crippen LogP contribution is -2.35. The summed E-state index contributed by atoms with van der Waals surface area (Å²) in [6.45, 7) is 3.69. The van der Waals surface area contributed by atoms with Gasteiger partial charge in [-0.25, -0.2) is 22.3 Å². The van der Waals surface area contributed by atoms with Crippen LogP contribution in [0.2, 0.25) is 0 Å². The number of carboxylic acid groups (broad SMARTS) is 1. The van der Waals surface area contributed by atoms with E-state index < -0.39 is 21.7 Å². The molecule has 0 saturated carbocycles. The van der Waals surface area contributed by atoms with E-state index in [-0.39, 0.29) is 22.8 Å². The van der Waals surface area contributed by atoms with Gasteiger partial charge in [-0.3, -0.25) is 0 Å². The predicted octanol–water partition coefficient (Wildman–Crippen LogP) is 2.47. The van der Waals surface area contributed by atoms with Gasteiger partial charge in [0.25, 0.3) is 0 Å². The van der Waals surface area contributed by atoms with Crippen LogP contribution in [0.1, 0.15) is 30.0 Å². The van der Waals surface area contributed by atoms with Crippen molar-refractivity contribution in [1.82, 2.24) is 4.72 Å². The maximum absolute atomic E-state index is 13.4. The maximum atomic E-state index is 13.4. The molecule has 1 aromatic carbocycles. The van der Waals surface area contributed by atoms with E-state index >= 15 is 0 Å². The van der Waals surface area contributed by atoms with Crippen LogP contribution >= 0.6 is 0 Å². The summed E-state index contributed by atoms with van der Waals surface area (Å²) < 4.78 is 45.1. The van der Waals surface area contributed by atoms with E-state index in [0.29, 0.717) is 10.9 Å². The molecule has 0 aliphatic rings. The molecule has 0 bridgehead atoms. The molecule has 0 radical (unpaired) electrons. The average Bonchev–Trinajstić information content (AvgIpc) is 2.73. The first-order chi connectivity index (χ1) is 10.0. The molecule has 0 amide bonds. The molecule has 0 saturated heterocycles. The van der Waals surface area contributed by atoms with Gasteiger partial charge in [-0.05, 0) is 39.0 Å². The third-order valence-corrected chi connectivity index (χ3v) is 4.49. The Kier molecular flexibility index (Phi) is 4.01. The molecule has 22 heavy (non-hydrogen) atoms. The van der Waals surface area contributed by atoms with Crippen LogP contribution in [0.5, 0.6) is 0 Å². The van der Waals surface area contributed by atoms with Crippen LogP contribution in [0, 0.1) is 6.92 Å². The zero-order valence-electron chi connectivity index (χ0n) is 12.3. The van der Waals surface area contributed by atoms with Crippen LogP contribution < -0.4 is 4.72 Å². The fourth-order valence-electron chi connectivity index (χ4n) is 1.92. The number of fused-ring (bicyclic) bond motifs is 1. The largest absolute Gasteiger partial charge is 0.475 e. The molecule has 120 valence electrons. The second kappa shape index (κ2) is 5.36. The van der Waals surface area contributed by atoms with Crippen LogP contribution in [-0.2, 0) is 10.0 Å². The predicted molar refractivity (Wildman–Crippen MR) is 78.3 cm³/mol. The molecule has 2 aromatic rings. The van der Waals surface area contributed by atoms with Gasteiger partial charge in [0.05, 0.1) is 4.90 Å². The molecule has 8 heteroatoms. The number of rotatable bonds is 5. The van der Waals surface area contributed by atoms with Crippen molar-refractivity contribution in [3.05, 3.63) is 29.5 Å². The molecule has 0 atom stereocenters. The number of aromatic carboxylic acids is 1. The van der Waals surface area contributed by atoms with Gasteiger partial charge >= 0.3 is 5.97 Å². The highest BCUT2D eigenvalue weighted by atomic mass is 32.2. The highest BCUT2D eigenvalue weighted by molar-refractivity contribution is 7.89. The molecule has 0 aliphatic carbocycles. The van der Waals surface area contributed by atoms with Crippen molar-refractivity contribution in [2.24, 2.45) is 0 Å². The molecule has 1 aromatic heterocycles. The van der Waals surface area contributed by atoms with Crippen molar-refractivity contribution in [1.29, 1.82) is 0 Å². The quantitative estimate of drug-likeness (QED) is 0.878. The standard InChI is InChI=1S/C14H16FNO5S/c1-8-10-6-9(22(19,20)16-7-14(2,3)15)4-5-11(10)21-12(8)13(17)18/h4-6,16H,7H2,1-3H3,(H,17,18). The van der Waals surface area contributed by atoms with E-state index in [1.165, 1.54) is 39.0 Å². The lowest BCUT2D eigenvalue weighted by Gasteiger charge is -2.15. The molecule has 6 nitrogen and oxygen atoms in total. The minimum absolute atomic E-state index is 0.0786. The Bertz CT molecular complexity index is 833. The van der Waals surface area contributed by atoms with Gasteiger partial charge in [0.1, 0.15) is 11.3 Å². The van der Waals surface area contributed by atoms with Crippen LogP contribution in [0.15, 0.2) is 27.5 Å². The number of hydrogen-bond donors (Lipinski definition) is 2. The molecule has 0 unspecified atom stereocenters. The fourth-order valence-corrected chi connectivity index (χ4v) is 3.14. The number of sulfonamides is 1. The van der Waals surface area contributed by atoms with Gasteiger partial charge in [0.2, 0.25) is 15.8 Å². The van der Waals surface area contributed by atoms with Crippen LogP contribution in [0.4, 0.5) is 4.39 Å². The Labute approximate surface area is 127 Å². The Balaban J connectivity index is 2.45. The second-order valence-electron chi connectivity index (χ2n) is 5.56. The van der Waals surface area contributed by atoms with Crippen LogP contribution in [0.3, 0.4) is 0 Å². The number of carbonyl (C=O) groups is 1. The normalized spacial score (nSPS) is 12.7. The number of furan rings is 1. The van der Waals surface area contributed by atoms with Gasteiger partial charge in [0, 0.05) is 17.5 Å². The third-order valence-electron chi connectivity index (χ3n) is 3.09. The zero-order valence-corrected chi connectivity index (χ0v) is 13.1. The third kappa shape index (κ3) is 3.28. The number of nitrogens with one attached hydrogen (secondary N) is 1. The Hall–Kier alpha value is -1.93. The van der Waals surface area contributed by atoms with E-state index in [1.54, 1.807) is 0 Å². The first kappa shape index (κ1) is 16.4. The number of aryl methyl sites for hydroxylation is 1. The minimum atomic E-state index is -3.89. The number of alkyl halides is 1. The lowest BCUT2D eigenvalue weighted by molar-refractivity contribution is 0.0664. The van der Waals surface area contributed by atoms with Crippen molar-refractivity contribution in [2.75, 3.05) is 6.54 Å². The Morgan fingerprint density at radius 3 is 2.59 bits per heavy atom. The smallest absolute Gasteiger partial charge is 0.372 e. The summed E-state index contributed by atoms with van der Waals surface area (Å²) >= 11 is 0. The molecule has 0 spiro atoms. The van der Waals surface area contributed by atoms with Crippen molar-refractivity contribution < 1.29 is 27.1 Å². The Morgan fingerprint density at radius 1 is 1.41 bits per heavy atom. The fraction of sp³-hybridized carbons (Fsp3) is 0.357. The first-order valence-electron chi connectivity index (χ1n) is 6.46. The van der Waals surface area contributed by atoms with Gasteiger partial charge in [-0.15, -0.1) is 0 Å². The monoisotopic (exact) mass is 329 g/mol. The lowest BCUT2D eigenvalue weighted by atomic mass is 10.1. The number of benzene rings is 1. The average molecular weight is 329 g/mol. The summed E-state index contributed by atoms with van der Waals surface area (Å²) in [4.78, 5) is 10.9. The highest BCUT2D eigenvalue weighted by Crippen LogP contribution is 2.27. The van der Waals surface area contributed by atoms with Gasteiger partial charge in [0.15, 0.2) is 0 Å². The topological polar surface area (TPSA) is 96.6 Å². The van der Waals surface area contributed by atoms with Crippen molar-refractivity contribution in [3.63, 3.8) is 0 Å². The van der Waals surface area contributed by atoms with Crippen LogP contribution in [-0.4, -0.2) is 31.7 Å². The summed E-state index contributed by atoms with van der Waals surface area (Å²) in [5, 5.41) is 9.39. The van der Waals surface area contributed by atoms with E-state index in [1.807, 2.05) is 0 Å². The van der Waals surface area contributed by atoms with Gasteiger partial charge in [-0.2, -0.15) is 0 Å². The van der Waals surface area contributed by atoms with E-state index in [0.717, 1.165) is 0 Å². The highest BCUT2D eigenvalue weighted by Gasteiger charge is 2.23. The van der Waals surface area contributed by atoms with Crippen molar-refractivity contribution in [3.8, 4) is 0 Å². The van der Waals surface area contributed by atoms with Gasteiger partial charge < -0.3 is 9.52 Å². The molecule has 2 N–H and O–H groups in total. The molecular formula is C14H16FNO5S. The SMILES string of the molecule is Cc1c(C(=O)O)oc2ccc(S(=O)(=O)NCC(C)(C)F)cc12. The first-order valence-corrected chi connectivity index (χ1v) is 7.94. The maximum Gasteiger partial charge on any atom is 0.372 e. The molecule has 0 aliphatic heterocycles. The summed E-state index contributed by atoms with van der Waals surface area (Å²) in [7, 11) is -3.89. The number of halogens is 1. The number of hydrogen-bond acceptors (Lipinski definition) is 4. The molecule has 0 fully saturated rings. The van der Waals surface area contributed by atoms with E-state index in [9.17, 15) is 17.6 Å². The van der Waals surface area contributed by atoms with E-state index in [2.05, 4.69) is 4.72 Å². The summed E-state index contributed by atoms with van der Waals surface area (Å²) in [6.07, 6.45) is 0. The van der Waals surface area contributed by atoms with Crippen LogP contribution in [0.25, 0.3) is 11.0 Å². The molecule has 1 heterocycles. The minimum Gasteiger partial charge on any atom is -0.475 e. The van der Waals surface area contributed by atoms with Crippen molar-refractivity contribution >= 4 is 27.0 Å². The summed E-state index contributed by atoms with van der Waals surface area (Å²) in [5.74, 6) is -1.46. The number of carboxylic acids is 1. The molecular weight excluding hydrogens is 313 g/mol. The Morgan fingerprint density at radius 2 is 2.05 bits per heavy atom. The second-order valence-corrected chi connectivity index (χ2v) is 7.33. The zero-order chi connectivity index (χ0) is 16.7. The van der Waals surface area contributed by atoms with Crippen molar-refractivity contribution in [2.45, 2.75) is 31.3 Å². The molecule has 2 rings (SSSR count). The van der Waals surface area contributed by atoms with Gasteiger partial charge in [-0.1, -0.05) is 0 Å². The summed E-state index contributed by atoms with van der Waals surface area (Å²) in [5.41, 5.74) is -1.07.